The number of ether oxygens (including phenoxy) is 1. The summed E-state index contributed by atoms with van der Waals surface area (Å²) in [4.78, 5) is 0. The summed E-state index contributed by atoms with van der Waals surface area (Å²) in [6, 6.07) is 0. The molecule has 4 aliphatic carbocycles. The van der Waals surface area contributed by atoms with Crippen molar-refractivity contribution in [3.05, 3.63) is 0 Å². The van der Waals surface area contributed by atoms with Crippen molar-refractivity contribution in [2.45, 2.75) is 104 Å². The fourth-order valence-electron chi connectivity index (χ4n) is 10.1. The molecule has 178 valence electrons. The van der Waals surface area contributed by atoms with Crippen molar-refractivity contribution in [2.75, 3.05) is 13.2 Å². The normalized spacial score (nSPS) is 54.6. The van der Waals surface area contributed by atoms with Gasteiger partial charge in [0, 0.05) is 6.61 Å². The second-order valence-corrected chi connectivity index (χ2v) is 13.3. The summed E-state index contributed by atoms with van der Waals surface area (Å²) in [6.07, 6.45) is 14.5. The van der Waals surface area contributed by atoms with E-state index in [1.807, 2.05) is 0 Å². The molecule has 5 fully saturated rings. The monoisotopic (exact) mass is 431 g/mol. The highest BCUT2D eigenvalue weighted by Gasteiger charge is 2.65. The number of hydrogen-bond donors (Lipinski definition) is 2. The zero-order valence-corrected chi connectivity index (χ0v) is 20.7. The number of aliphatic hydroxyl groups is 1. The predicted octanol–water partition coefficient (Wildman–Crippen LogP) is 5.64. The third-order valence-corrected chi connectivity index (χ3v) is 12.0. The van der Waals surface area contributed by atoms with Crippen LogP contribution < -0.4 is 5.73 Å². The van der Waals surface area contributed by atoms with E-state index in [0.29, 0.717) is 41.5 Å². The molecule has 0 spiro atoms. The van der Waals surface area contributed by atoms with Crippen LogP contribution in [0, 0.1) is 58.2 Å². The van der Waals surface area contributed by atoms with Gasteiger partial charge in [0.2, 0.25) is 0 Å². The number of hydrogen-bond acceptors (Lipinski definition) is 3. The molecule has 5 aliphatic rings. The Labute approximate surface area is 191 Å². The van der Waals surface area contributed by atoms with Gasteiger partial charge in [-0.05, 0) is 129 Å². The summed E-state index contributed by atoms with van der Waals surface area (Å²) in [7, 11) is 0. The fourth-order valence-corrected chi connectivity index (χ4v) is 10.1. The van der Waals surface area contributed by atoms with Gasteiger partial charge < -0.3 is 15.6 Å². The lowest BCUT2D eigenvalue weighted by Gasteiger charge is -2.61. The number of aliphatic hydroxyl groups excluding tert-OH is 1. The number of fused-ring (bicyclic) bond motifs is 7. The minimum atomic E-state index is 0.308. The summed E-state index contributed by atoms with van der Waals surface area (Å²) in [5, 5.41) is 9.43. The van der Waals surface area contributed by atoms with E-state index in [-0.39, 0.29) is 0 Å². The van der Waals surface area contributed by atoms with Crippen molar-refractivity contribution in [2.24, 2.45) is 63.9 Å². The first-order valence-electron chi connectivity index (χ1n) is 13.8. The van der Waals surface area contributed by atoms with Crippen molar-refractivity contribution in [1.82, 2.24) is 0 Å². The molecule has 3 N–H and O–H groups in total. The molecule has 9 unspecified atom stereocenters. The molecule has 1 aliphatic heterocycles. The van der Waals surface area contributed by atoms with E-state index in [0.717, 1.165) is 54.9 Å². The average Bonchev–Trinajstić information content (AvgIpc) is 3.24. The minimum Gasteiger partial charge on any atom is -0.396 e. The molecular weight excluding hydrogens is 382 g/mol. The van der Waals surface area contributed by atoms with Crippen LogP contribution in [-0.2, 0) is 4.74 Å². The molecule has 0 aromatic heterocycles. The third-order valence-electron chi connectivity index (χ3n) is 12.0. The smallest absolute Gasteiger partial charge is 0.0618 e. The molecule has 0 amide bonds. The molecule has 0 aromatic rings. The zero-order valence-electron chi connectivity index (χ0n) is 20.7. The second kappa shape index (κ2) is 8.27. The molecule has 3 nitrogen and oxygen atoms in total. The Hall–Kier alpha value is -0.120. The van der Waals surface area contributed by atoms with Gasteiger partial charge in [-0.3, -0.25) is 0 Å². The largest absolute Gasteiger partial charge is 0.396 e. The van der Waals surface area contributed by atoms with E-state index in [9.17, 15) is 5.11 Å². The van der Waals surface area contributed by atoms with Crippen molar-refractivity contribution in [1.29, 1.82) is 0 Å². The SMILES string of the molecule is CC(CO)CCC1O[C@H]2CC3C4CCC5CC(CN)CCC5(C)C4CCC3(C)[C@H]2[C@@H]1C. The summed E-state index contributed by atoms with van der Waals surface area (Å²) < 4.78 is 6.79. The van der Waals surface area contributed by atoms with Crippen molar-refractivity contribution >= 4 is 0 Å². The molecule has 1 heterocycles. The topological polar surface area (TPSA) is 55.5 Å². The lowest BCUT2D eigenvalue weighted by Crippen LogP contribution is -2.54. The van der Waals surface area contributed by atoms with E-state index in [1.165, 1.54) is 51.4 Å². The van der Waals surface area contributed by atoms with Gasteiger partial charge in [0.25, 0.3) is 0 Å². The Morgan fingerprint density at radius 2 is 1.81 bits per heavy atom. The lowest BCUT2D eigenvalue weighted by molar-refractivity contribution is -0.121. The molecule has 1 saturated heterocycles. The highest BCUT2D eigenvalue weighted by atomic mass is 16.5. The number of rotatable bonds is 5. The first kappa shape index (κ1) is 22.7. The average molecular weight is 432 g/mol. The van der Waals surface area contributed by atoms with Gasteiger partial charge in [0.15, 0.2) is 0 Å². The first-order valence-corrected chi connectivity index (χ1v) is 13.8. The molecule has 0 radical (unpaired) electrons. The van der Waals surface area contributed by atoms with E-state index in [1.54, 1.807) is 0 Å². The Morgan fingerprint density at radius 1 is 1.03 bits per heavy atom. The van der Waals surface area contributed by atoms with Crippen LogP contribution in [0.3, 0.4) is 0 Å². The Balaban J connectivity index is 1.31. The standard InChI is InChI=1S/C28H49NO2/c1-17(16-30)5-8-24-18(2)26-25(31-24)14-23-21-7-6-20-13-19(15-29)9-11-27(20,3)22(21)10-12-28(23,26)4/h17-26,30H,5-16,29H2,1-4H3/t17?,18-,19?,20?,21?,22?,23?,24?,25+,26+,27?,28?/m1/s1. The molecule has 3 heteroatoms. The summed E-state index contributed by atoms with van der Waals surface area (Å²) in [5.41, 5.74) is 7.14. The van der Waals surface area contributed by atoms with Crippen LogP contribution >= 0.6 is 0 Å². The Kier molecular flexibility index (Phi) is 6.05. The Morgan fingerprint density at radius 3 is 2.55 bits per heavy atom. The minimum absolute atomic E-state index is 0.308. The lowest BCUT2D eigenvalue weighted by atomic mass is 9.44. The Bertz CT molecular complexity index is 653. The van der Waals surface area contributed by atoms with Crippen molar-refractivity contribution < 1.29 is 9.84 Å². The van der Waals surface area contributed by atoms with Crippen LogP contribution in [0.25, 0.3) is 0 Å². The fraction of sp³-hybridized carbons (Fsp3) is 1.00. The molecule has 31 heavy (non-hydrogen) atoms. The molecule has 4 saturated carbocycles. The molecule has 5 rings (SSSR count). The third kappa shape index (κ3) is 3.46. The van der Waals surface area contributed by atoms with Crippen LogP contribution in [0.5, 0.6) is 0 Å². The van der Waals surface area contributed by atoms with E-state index in [2.05, 4.69) is 27.7 Å². The summed E-state index contributed by atoms with van der Waals surface area (Å²) in [6.45, 7) is 11.2. The van der Waals surface area contributed by atoms with Crippen LogP contribution in [-0.4, -0.2) is 30.5 Å². The van der Waals surface area contributed by atoms with Crippen molar-refractivity contribution in [3.8, 4) is 0 Å². The zero-order chi connectivity index (χ0) is 22.0. The van der Waals surface area contributed by atoms with Gasteiger partial charge in [-0.1, -0.05) is 27.7 Å². The van der Waals surface area contributed by atoms with Crippen LogP contribution in [0.15, 0.2) is 0 Å². The summed E-state index contributed by atoms with van der Waals surface area (Å²) >= 11 is 0. The van der Waals surface area contributed by atoms with Crippen LogP contribution in [0.2, 0.25) is 0 Å². The maximum atomic E-state index is 9.43. The first-order chi connectivity index (χ1) is 14.8. The van der Waals surface area contributed by atoms with Crippen LogP contribution in [0.1, 0.15) is 91.9 Å². The van der Waals surface area contributed by atoms with E-state index in [4.69, 9.17) is 10.5 Å². The highest BCUT2D eigenvalue weighted by Crippen LogP contribution is 2.70. The van der Waals surface area contributed by atoms with Crippen molar-refractivity contribution in [3.63, 3.8) is 0 Å². The predicted molar refractivity (Wildman–Crippen MR) is 126 cm³/mol. The van der Waals surface area contributed by atoms with Gasteiger partial charge >= 0.3 is 0 Å². The quantitative estimate of drug-likeness (QED) is 0.592. The number of nitrogens with two attached hydrogens (primary N) is 1. The molecule has 12 atom stereocenters. The molecular formula is C28H49NO2. The van der Waals surface area contributed by atoms with E-state index >= 15 is 0 Å². The highest BCUT2D eigenvalue weighted by molar-refractivity contribution is 5.14. The maximum Gasteiger partial charge on any atom is 0.0618 e. The second-order valence-electron chi connectivity index (χ2n) is 13.3. The van der Waals surface area contributed by atoms with Gasteiger partial charge in [-0.2, -0.15) is 0 Å². The van der Waals surface area contributed by atoms with Crippen LogP contribution in [0.4, 0.5) is 0 Å². The molecule has 0 aromatic carbocycles. The maximum absolute atomic E-state index is 9.43. The van der Waals surface area contributed by atoms with Gasteiger partial charge in [-0.25, -0.2) is 0 Å². The van der Waals surface area contributed by atoms with Gasteiger partial charge in [-0.15, -0.1) is 0 Å². The van der Waals surface area contributed by atoms with Gasteiger partial charge in [0.1, 0.15) is 0 Å². The summed E-state index contributed by atoms with van der Waals surface area (Å²) in [5.74, 6) is 6.30. The van der Waals surface area contributed by atoms with Gasteiger partial charge in [0.05, 0.1) is 12.2 Å². The van der Waals surface area contributed by atoms with E-state index < -0.39 is 0 Å². The molecule has 0 bridgehead atoms.